The van der Waals surface area contributed by atoms with Crippen molar-refractivity contribution in [3.05, 3.63) is 75.2 Å². The van der Waals surface area contributed by atoms with Crippen LogP contribution in [0, 0.1) is 0 Å². The first kappa shape index (κ1) is 42.5. The van der Waals surface area contributed by atoms with Crippen molar-refractivity contribution in [2.75, 3.05) is 61.6 Å². The molecule has 0 spiro atoms. The molecule has 4 aromatic rings. The minimum Gasteiger partial charge on any atom is -0.478 e. The summed E-state index contributed by atoms with van der Waals surface area (Å²) in [6.45, 7) is 8.11. The van der Waals surface area contributed by atoms with Crippen LogP contribution in [0.2, 0.25) is 5.02 Å². The first-order valence-corrected chi connectivity index (χ1v) is 22.3. The van der Waals surface area contributed by atoms with E-state index in [-0.39, 0.29) is 60.3 Å². The second kappa shape index (κ2) is 17.8. The maximum absolute atomic E-state index is 13.5. The average molecular weight is 881 g/mol. The number of piperidine rings is 2. The number of benzene rings is 2. The summed E-state index contributed by atoms with van der Waals surface area (Å²) in [6.07, 6.45) is 7.23. The van der Waals surface area contributed by atoms with Gasteiger partial charge in [0.2, 0.25) is 17.8 Å². The van der Waals surface area contributed by atoms with E-state index in [0.717, 1.165) is 87.1 Å². The maximum atomic E-state index is 13.5. The normalized spacial score (nSPS) is 22.0. The monoisotopic (exact) mass is 880 g/mol. The fourth-order valence-corrected chi connectivity index (χ4v) is 9.70. The van der Waals surface area contributed by atoms with Gasteiger partial charge in [-0.25, -0.2) is 4.98 Å². The molecule has 4 amide bonds. The number of imide groups is 1. The molecule has 63 heavy (non-hydrogen) atoms. The van der Waals surface area contributed by atoms with Crippen LogP contribution in [0.4, 0.5) is 23.1 Å². The predicted molar refractivity (Wildman–Crippen MR) is 238 cm³/mol. The van der Waals surface area contributed by atoms with Crippen molar-refractivity contribution in [1.82, 2.24) is 35.0 Å². The van der Waals surface area contributed by atoms with Gasteiger partial charge in [0.15, 0.2) is 18.2 Å². The van der Waals surface area contributed by atoms with Gasteiger partial charge < -0.3 is 39.4 Å². The Bertz CT molecular complexity index is 2500. The number of hydrogen-bond donors (Lipinski definition) is 3. The van der Waals surface area contributed by atoms with Gasteiger partial charge in [0.25, 0.3) is 17.4 Å². The highest BCUT2D eigenvalue weighted by atomic mass is 35.5. The molecule has 332 valence electrons. The van der Waals surface area contributed by atoms with Gasteiger partial charge in [-0.2, -0.15) is 4.98 Å². The number of nitrogens with one attached hydrogen (secondary N) is 3. The number of fused-ring (bicyclic) bond motifs is 2. The minimum atomic E-state index is -0.632. The van der Waals surface area contributed by atoms with Gasteiger partial charge in [-0.15, -0.1) is 0 Å². The van der Waals surface area contributed by atoms with Gasteiger partial charge in [0.1, 0.15) is 11.1 Å². The minimum absolute atomic E-state index is 0.0908. The lowest BCUT2D eigenvalue weighted by Crippen LogP contribution is -2.56. The third-order valence-electron chi connectivity index (χ3n) is 13.0. The Morgan fingerprint density at radius 3 is 2.56 bits per heavy atom. The van der Waals surface area contributed by atoms with E-state index in [9.17, 15) is 24.0 Å². The van der Waals surface area contributed by atoms with Crippen molar-refractivity contribution in [2.24, 2.45) is 0 Å². The van der Waals surface area contributed by atoms with Crippen molar-refractivity contribution in [1.29, 1.82) is 0 Å². The molecular weight excluding hydrogens is 828 g/mol. The summed E-state index contributed by atoms with van der Waals surface area (Å²) >= 11 is 6.61. The smallest absolute Gasteiger partial charge is 0.293 e. The second-order valence-corrected chi connectivity index (χ2v) is 17.8. The zero-order valence-corrected chi connectivity index (χ0v) is 36.5. The molecule has 1 aliphatic carbocycles. The van der Waals surface area contributed by atoms with Gasteiger partial charge in [0.05, 0.1) is 30.6 Å². The Labute approximate surface area is 370 Å². The number of ether oxygens (including phenoxy) is 2. The molecule has 2 aromatic heterocycles. The molecule has 6 heterocycles. The molecule has 1 saturated carbocycles. The molecule has 5 aliphatic rings. The molecule has 0 bridgehead atoms. The number of carbonyl (C=O) groups excluding carboxylic acids is 4. The van der Waals surface area contributed by atoms with Crippen molar-refractivity contribution in [3.63, 3.8) is 0 Å². The largest absolute Gasteiger partial charge is 0.478 e. The molecule has 9 rings (SSSR count). The summed E-state index contributed by atoms with van der Waals surface area (Å²) in [5.41, 5.74) is 3.78. The number of halogens is 1. The van der Waals surface area contributed by atoms with Gasteiger partial charge in [-0.3, -0.25) is 34.2 Å². The molecule has 1 unspecified atom stereocenters. The number of rotatable bonds is 12. The number of anilines is 4. The Morgan fingerprint density at radius 1 is 0.984 bits per heavy atom. The van der Waals surface area contributed by atoms with E-state index in [4.69, 9.17) is 26.1 Å². The number of hydrogen-bond acceptors (Lipinski definition) is 13. The average Bonchev–Trinajstić information content (AvgIpc) is 3.60. The Hall–Kier alpha value is -5.78. The number of carbonyl (C=O) groups is 4. The summed E-state index contributed by atoms with van der Waals surface area (Å²) < 4.78 is 13.9. The fraction of sp³-hybridized carbons (Fsp3) is 0.489. The molecule has 18 heteroatoms. The van der Waals surface area contributed by atoms with Gasteiger partial charge in [-0.1, -0.05) is 17.7 Å². The Morgan fingerprint density at radius 2 is 1.79 bits per heavy atom. The van der Waals surface area contributed by atoms with Crippen LogP contribution in [0.3, 0.4) is 0 Å². The van der Waals surface area contributed by atoms with E-state index >= 15 is 0 Å². The standard InChI is InChI=1S/C45H53ClN10O7/c1-26(2)56-35-9-8-28(18-27(35)19-38(44(56)61)62-24-40(58)47-3)49-41-34(46)22-48-45(51-41)52-16-12-30(13-17-52)63-31-20-29(21-31)53-14-5-15-54(25-53)36-7-4-6-32-33(36)23-55(43(32)60)37-10-11-39(57)50-42(37)59/h4,6-9,18-19,22,26,29-31,37H,5,10-17,20-21,23-25H2,1-3H3,(H,47,58)(H,48,49,51)(H,50,57,59)/t29-,31-,37?. The summed E-state index contributed by atoms with van der Waals surface area (Å²) in [4.78, 5) is 81.0. The number of aromatic nitrogens is 3. The van der Waals surface area contributed by atoms with Crippen LogP contribution in [0.5, 0.6) is 5.75 Å². The highest BCUT2D eigenvalue weighted by Gasteiger charge is 2.42. The number of likely N-dealkylation sites (N-methyl/N-ethyl adjacent to an activating group) is 1. The van der Waals surface area contributed by atoms with Crippen LogP contribution in [-0.4, -0.2) is 119 Å². The molecule has 2 aromatic carbocycles. The van der Waals surface area contributed by atoms with Crippen molar-refractivity contribution >= 4 is 69.3 Å². The van der Waals surface area contributed by atoms with E-state index in [2.05, 4.69) is 41.7 Å². The fourth-order valence-electron chi connectivity index (χ4n) is 9.56. The SMILES string of the molecule is CNC(=O)COc1cc2cc(Nc3nc(N4CCC(O[C@H]5C[C@H](N6CCCN(c7cccc8c7CN(C7CCC(=O)NC7=O)C8=O)C6)C5)CC4)ncc3Cl)ccc2n(C(C)C)c1=O. The van der Waals surface area contributed by atoms with Crippen LogP contribution in [0.15, 0.2) is 53.5 Å². The van der Waals surface area contributed by atoms with Crippen molar-refractivity contribution in [3.8, 4) is 5.75 Å². The third kappa shape index (κ3) is 8.65. The molecule has 1 atom stereocenters. The summed E-state index contributed by atoms with van der Waals surface area (Å²) in [7, 11) is 1.51. The van der Waals surface area contributed by atoms with Crippen molar-refractivity contribution < 1.29 is 28.7 Å². The maximum Gasteiger partial charge on any atom is 0.293 e. The topological polar surface area (TPSA) is 184 Å². The zero-order valence-electron chi connectivity index (χ0n) is 35.8. The lowest BCUT2D eigenvalue weighted by atomic mass is 9.87. The third-order valence-corrected chi connectivity index (χ3v) is 13.2. The Kier molecular flexibility index (Phi) is 12.0. The molecular formula is C45H53ClN10O7. The summed E-state index contributed by atoms with van der Waals surface area (Å²) in [5, 5.41) is 9.36. The lowest BCUT2D eigenvalue weighted by molar-refractivity contribution is -0.137. The van der Waals surface area contributed by atoms with Gasteiger partial charge in [0, 0.05) is 86.2 Å². The van der Waals surface area contributed by atoms with Crippen LogP contribution in [0.1, 0.15) is 80.8 Å². The Balaban J connectivity index is 0.775. The molecule has 0 radical (unpaired) electrons. The number of amides is 4. The van der Waals surface area contributed by atoms with Crippen LogP contribution in [-0.2, 0) is 25.7 Å². The van der Waals surface area contributed by atoms with Crippen molar-refractivity contribution in [2.45, 2.75) is 95.7 Å². The van der Waals surface area contributed by atoms with Crippen LogP contribution < -0.4 is 36.0 Å². The van der Waals surface area contributed by atoms with E-state index < -0.39 is 11.9 Å². The zero-order chi connectivity index (χ0) is 43.9. The molecule has 17 nitrogen and oxygen atoms in total. The summed E-state index contributed by atoms with van der Waals surface area (Å²) in [6, 6.07) is 12.8. The molecule has 3 N–H and O–H groups in total. The van der Waals surface area contributed by atoms with Gasteiger partial charge in [-0.05, 0) is 88.8 Å². The van der Waals surface area contributed by atoms with Gasteiger partial charge >= 0.3 is 0 Å². The molecule has 3 saturated heterocycles. The van der Waals surface area contributed by atoms with E-state index in [1.54, 1.807) is 21.7 Å². The second-order valence-electron chi connectivity index (χ2n) is 17.3. The molecule has 4 fully saturated rings. The highest BCUT2D eigenvalue weighted by Crippen LogP contribution is 2.38. The van der Waals surface area contributed by atoms with E-state index in [1.807, 2.05) is 44.2 Å². The first-order chi connectivity index (χ1) is 30.4. The highest BCUT2D eigenvalue weighted by molar-refractivity contribution is 6.33. The molecule has 4 aliphatic heterocycles. The predicted octanol–water partition coefficient (Wildman–Crippen LogP) is 4.34. The first-order valence-electron chi connectivity index (χ1n) is 21.9. The van der Waals surface area contributed by atoms with Crippen LogP contribution >= 0.6 is 11.6 Å². The van der Waals surface area contributed by atoms with E-state index in [1.165, 1.54) is 7.05 Å². The quantitative estimate of drug-likeness (QED) is 0.171. The summed E-state index contributed by atoms with van der Waals surface area (Å²) in [5.74, 6) is -0.0340. The van der Waals surface area contributed by atoms with Crippen LogP contribution in [0.25, 0.3) is 10.9 Å². The number of pyridine rings is 1. The number of nitrogens with zero attached hydrogens (tertiary/aromatic N) is 7. The van der Waals surface area contributed by atoms with E-state index in [0.29, 0.717) is 47.0 Å². The lowest BCUT2D eigenvalue weighted by Gasteiger charge is -2.48.